The molecule has 0 saturated carbocycles. The van der Waals surface area contributed by atoms with Crippen molar-refractivity contribution in [1.29, 1.82) is 5.26 Å². The summed E-state index contributed by atoms with van der Waals surface area (Å²) in [4.78, 5) is 11.7. The summed E-state index contributed by atoms with van der Waals surface area (Å²) in [5.74, 6) is 0.108. The van der Waals surface area contributed by atoms with Gasteiger partial charge in [0, 0.05) is 5.69 Å². The first-order chi connectivity index (χ1) is 9.65. The molecule has 0 atom stereocenters. The first kappa shape index (κ1) is 15.9. The van der Waals surface area contributed by atoms with Gasteiger partial charge in [-0.05, 0) is 37.4 Å². The van der Waals surface area contributed by atoms with Gasteiger partial charge in [-0.3, -0.25) is 0 Å². The second-order valence-corrected chi connectivity index (χ2v) is 4.41. The molecule has 0 aliphatic heterocycles. The van der Waals surface area contributed by atoms with E-state index < -0.39 is 5.97 Å². The number of nitrogens with one attached hydrogen (secondary N) is 1. The Morgan fingerprint density at radius 2 is 2.05 bits per heavy atom. The third-order valence-corrected chi connectivity index (χ3v) is 3.08. The van der Waals surface area contributed by atoms with Gasteiger partial charge in [-0.15, -0.1) is 11.8 Å². The number of ether oxygens (including phenoxy) is 2. The van der Waals surface area contributed by atoms with Gasteiger partial charge in [-0.1, -0.05) is 0 Å². The van der Waals surface area contributed by atoms with Crippen LogP contribution in [-0.2, 0) is 9.53 Å². The molecule has 1 N–H and O–H groups in total. The monoisotopic (exact) mass is 292 g/mol. The van der Waals surface area contributed by atoms with Crippen molar-refractivity contribution in [3.05, 3.63) is 34.9 Å². The van der Waals surface area contributed by atoms with E-state index in [0.29, 0.717) is 5.03 Å². The quantitative estimate of drug-likeness (QED) is 0.494. The number of nitriles is 1. The number of benzene rings is 1. The van der Waals surface area contributed by atoms with E-state index in [4.69, 9.17) is 14.7 Å². The van der Waals surface area contributed by atoms with Crippen LogP contribution >= 0.6 is 11.8 Å². The van der Waals surface area contributed by atoms with E-state index in [2.05, 4.69) is 5.32 Å². The van der Waals surface area contributed by atoms with Crippen molar-refractivity contribution < 1.29 is 14.3 Å². The van der Waals surface area contributed by atoms with Crippen LogP contribution in [0.1, 0.15) is 6.92 Å². The predicted octanol–water partition coefficient (Wildman–Crippen LogP) is 2.77. The van der Waals surface area contributed by atoms with Crippen molar-refractivity contribution >= 4 is 23.4 Å². The van der Waals surface area contributed by atoms with Crippen molar-refractivity contribution in [3.8, 4) is 11.8 Å². The first-order valence-electron chi connectivity index (χ1n) is 5.92. The van der Waals surface area contributed by atoms with Crippen molar-refractivity contribution in [2.75, 3.05) is 25.3 Å². The van der Waals surface area contributed by atoms with Gasteiger partial charge >= 0.3 is 5.97 Å². The zero-order valence-electron chi connectivity index (χ0n) is 11.6. The molecule has 0 bridgehead atoms. The molecule has 1 rings (SSSR count). The summed E-state index contributed by atoms with van der Waals surface area (Å²) in [6, 6.07) is 9.06. The van der Waals surface area contributed by atoms with Crippen molar-refractivity contribution in [3.63, 3.8) is 0 Å². The van der Waals surface area contributed by atoms with Crippen LogP contribution in [0, 0.1) is 11.3 Å². The molecular weight excluding hydrogens is 276 g/mol. The average Bonchev–Trinajstić information content (AvgIpc) is 2.48. The van der Waals surface area contributed by atoms with E-state index in [1.807, 2.05) is 6.07 Å². The number of rotatable bonds is 6. The zero-order valence-corrected chi connectivity index (χ0v) is 12.4. The van der Waals surface area contributed by atoms with Crippen molar-refractivity contribution in [2.45, 2.75) is 6.92 Å². The van der Waals surface area contributed by atoms with Crippen LogP contribution in [0.15, 0.2) is 34.9 Å². The lowest BCUT2D eigenvalue weighted by atomic mass is 10.3. The minimum Gasteiger partial charge on any atom is -0.497 e. The SMILES string of the molecule is CCOC(=O)C(C#N)=C(Nc1ccc(OC)cc1)SC. The third kappa shape index (κ3) is 4.21. The highest BCUT2D eigenvalue weighted by molar-refractivity contribution is 8.02. The van der Waals surface area contributed by atoms with Crippen LogP contribution in [0.2, 0.25) is 0 Å². The molecule has 0 aromatic heterocycles. The maximum absolute atomic E-state index is 11.7. The number of hydrogen-bond donors (Lipinski definition) is 1. The Morgan fingerprint density at radius 1 is 1.40 bits per heavy atom. The highest BCUT2D eigenvalue weighted by Crippen LogP contribution is 2.23. The largest absolute Gasteiger partial charge is 0.497 e. The molecule has 1 aromatic carbocycles. The van der Waals surface area contributed by atoms with E-state index >= 15 is 0 Å². The van der Waals surface area contributed by atoms with E-state index in [1.165, 1.54) is 11.8 Å². The standard InChI is InChI=1S/C14H16N2O3S/c1-4-19-14(17)12(9-15)13(20-3)16-10-5-7-11(18-2)8-6-10/h5-8,16H,4H2,1-3H3. The Kier molecular flexibility index (Phi) is 6.47. The predicted molar refractivity (Wildman–Crippen MR) is 79.4 cm³/mol. The summed E-state index contributed by atoms with van der Waals surface area (Å²) in [6.07, 6.45) is 1.78. The van der Waals surface area contributed by atoms with Crippen molar-refractivity contribution in [2.24, 2.45) is 0 Å². The average molecular weight is 292 g/mol. The molecule has 0 radical (unpaired) electrons. The lowest BCUT2D eigenvalue weighted by Crippen LogP contribution is -2.11. The summed E-state index contributed by atoms with van der Waals surface area (Å²) in [7, 11) is 1.59. The molecule has 0 amide bonds. The van der Waals surface area contributed by atoms with Crippen LogP contribution < -0.4 is 10.1 Å². The number of hydrogen-bond acceptors (Lipinski definition) is 6. The molecule has 106 valence electrons. The fourth-order valence-electron chi connectivity index (χ4n) is 1.41. The Labute approximate surface area is 122 Å². The molecule has 0 heterocycles. The molecule has 0 aliphatic rings. The summed E-state index contributed by atoms with van der Waals surface area (Å²) in [5.41, 5.74) is 0.724. The third-order valence-electron chi connectivity index (χ3n) is 2.37. The van der Waals surface area contributed by atoms with Gasteiger partial charge < -0.3 is 14.8 Å². The van der Waals surface area contributed by atoms with Crippen LogP contribution in [0.3, 0.4) is 0 Å². The smallest absolute Gasteiger partial charge is 0.351 e. The van der Waals surface area contributed by atoms with Crippen LogP contribution in [-0.4, -0.2) is 25.9 Å². The highest BCUT2D eigenvalue weighted by Gasteiger charge is 2.16. The van der Waals surface area contributed by atoms with Crippen LogP contribution in [0.5, 0.6) is 5.75 Å². The van der Waals surface area contributed by atoms with Crippen LogP contribution in [0.4, 0.5) is 5.69 Å². The topological polar surface area (TPSA) is 71.4 Å². The van der Waals surface area contributed by atoms with Gasteiger partial charge in [0.1, 0.15) is 11.8 Å². The Balaban J connectivity index is 2.98. The van der Waals surface area contributed by atoms with E-state index in [9.17, 15) is 4.79 Å². The Morgan fingerprint density at radius 3 is 2.50 bits per heavy atom. The minimum absolute atomic E-state index is 0.0323. The molecule has 0 fully saturated rings. The Bertz CT molecular complexity index is 532. The van der Waals surface area contributed by atoms with Gasteiger partial charge in [-0.2, -0.15) is 5.26 Å². The van der Waals surface area contributed by atoms with E-state index in [-0.39, 0.29) is 12.2 Å². The number of thioether (sulfide) groups is 1. The van der Waals surface area contributed by atoms with Gasteiger partial charge in [0.15, 0.2) is 5.57 Å². The summed E-state index contributed by atoms with van der Waals surface area (Å²) >= 11 is 1.28. The maximum atomic E-state index is 11.7. The number of anilines is 1. The van der Waals surface area contributed by atoms with Crippen LogP contribution in [0.25, 0.3) is 0 Å². The van der Waals surface area contributed by atoms with Gasteiger partial charge in [0.2, 0.25) is 0 Å². The minimum atomic E-state index is -0.625. The number of methoxy groups -OCH3 is 1. The van der Waals surface area contributed by atoms with Gasteiger partial charge in [0.05, 0.1) is 18.7 Å². The normalized spacial score (nSPS) is 11.1. The number of carbonyl (C=O) groups excluding carboxylic acids is 1. The second-order valence-electron chi connectivity index (χ2n) is 3.59. The molecule has 0 unspecified atom stereocenters. The lowest BCUT2D eigenvalue weighted by molar-refractivity contribution is -0.138. The molecule has 0 saturated heterocycles. The molecule has 0 aliphatic carbocycles. The van der Waals surface area contributed by atoms with Gasteiger partial charge in [-0.25, -0.2) is 4.79 Å². The van der Waals surface area contributed by atoms with E-state index in [0.717, 1.165) is 11.4 Å². The second kappa shape index (κ2) is 8.12. The molecule has 1 aromatic rings. The lowest BCUT2D eigenvalue weighted by Gasteiger charge is -2.11. The Hall–Kier alpha value is -2.13. The summed E-state index contributed by atoms with van der Waals surface area (Å²) in [5, 5.41) is 12.6. The summed E-state index contributed by atoms with van der Waals surface area (Å²) in [6.45, 7) is 1.93. The molecule has 0 spiro atoms. The zero-order chi connectivity index (χ0) is 15.0. The van der Waals surface area contributed by atoms with E-state index in [1.54, 1.807) is 44.6 Å². The molecule has 5 nitrogen and oxygen atoms in total. The highest BCUT2D eigenvalue weighted by atomic mass is 32.2. The molecule has 20 heavy (non-hydrogen) atoms. The fourth-order valence-corrected chi connectivity index (χ4v) is 1.97. The first-order valence-corrected chi connectivity index (χ1v) is 7.15. The fraction of sp³-hybridized carbons (Fsp3) is 0.286. The molecule has 6 heteroatoms. The van der Waals surface area contributed by atoms with Crippen molar-refractivity contribution in [1.82, 2.24) is 0 Å². The number of carbonyl (C=O) groups is 1. The maximum Gasteiger partial charge on any atom is 0.351 e. The molecular formula is C14H16N2O3S. The summed E-state index contributed by atoms with van der Waals surface area (Å²) < 4.78 is 9.93. The van der Waals surface area contributed by atoms with Gasteiger partial charge in [0.25, 0.3) is 0 Å². The number of esters is 1. The number of nitrogens with zero attached hydrogens (tertiary/aromatic N) is 1.